The van der Waals surface area contributed by atoms with E-state index in [-0.39, 0.29) is 0 Å². The Morgan fingerprint density at radius 3 is 2.64 bits per heavy atom. The highest BCUT2D eigenvalue weighted by atomic mass is 35.5. The maximum absolute atomic E-state index is 6.08. The molecule has 0 radical (unpaired) electrons. The van der Waals surface area contributed by atoms with E-state index < -0.39 is 0 Å². The number of ether oxygens (including phenoxy) is 1. The summed E-state index contributed by atoms with van der Waals surface area (Å²) in [6.07, 6.45) is 2.17. The Bertz CT molecular complexity index is 818. The molecule has 0 aliphatic rings. The van der Waals surface area contributed by atoms with Gasteiger partial charge in [-0.3, -0.25) is 0 Å². The Morgan fingerprint density at radius 1 is 1.20 bits per heavy atom. The molecule has 2 heterocycles. The van der Waals surface area contributed by atoms with Gasteiger partial charge >= 0.3 is 0 Å². The minimum absolute atomic E-state index is 0.627. The molecule has 0 aliphatic heterocycles. The Kier molecular flexibility index (Phi) is 6.28. The first kappa shape index (κ1) is 18.2. The lowest BCUT2D eigenvalue weighted by Gasteiger charge is -2.09. The Morgan fingerprint density at radius 2 is 2.00 bits per heavy atom. The van der Waals surface area contributed by atoms with Crippen LogP contribution in [0.2, 0.25) is 4.34 Å². The fraction of sp³-hybridized carbons (Fsp3) is 0.375. The molecule has 0 saturated carbocycles. The Balaban J connectivity index is 1.85. The zero-order valence-electron chi connectivity index (χ0n) is 14.0. The van der Waals surface area contributed by atoms with Gasteiger partial charge in [0.05, 0.1) is 7.11 Å². The van der Waals surface area contributed by atoms with Gasteiger partial charge < -0.3 is 9.30 Å². The zero-order chi connectivity index (χ0) is 17.6. The molecule has 0 atom stereocenters. The third kappa shape index (κ3) is 4.31. The quantitative estimate of drug-likeness (QED) is 0.521. The summed E-state index contributed by atoms with van der Waals surface area (Å²) >= 11 is 8.86. The van der Waals surface area contributed by atoms with E-state index in [1.165, 1.54) is 11.5 Å². The first-order valence-corrected chi connectivity index (χ1v) is 10.0. The highest BCUT2D eigenvalue weighted by molar-refractivity contribution is 7.98. The van der Waals surface area contributed by atoms with Gasteiger partial charge in [-0.15, -0.1) is 15.3 Å². The molecule has 0 amide bonds. The number of halogens is 1. The lowest BCUT2D eigenvalue weighted by atomic mass is 10.2. The third-order valence-corrected chi connectivity index (χ3v) is 5.61. The predicted octanol–water partition coefficient (Wildman–Crippen LogP) is 4.55. The number of unbranched alkanes of at least 4 members (excludes halogenated alkanes) is 1. The van der Waals surface area contributed by atoms with Gasteiger partial charge in [-0.05, 0) is 30.7 Å². The first-order chi connectivity index (χ1) is 12.2. The molecule has 0 N–H and O–H groups in total. The van der Waals surface area contributed by atoms with Crippen LogP contribution in [0.15, 0.2) is 29.4 Å². The van der Waals surface area contributed by atoms with Crippen LogP contribution in [0.4, 0.5) is 0 Å². The number of aromatic nitrogens is 5. The molecule has 3 rings (SSSR count). The number of rotatable bonds is 8. The largest absolute Gasteiger partial charge is 0.497 e. The summed E-state index contributed by atoms with van der Waals surface area (Å²) in [5.74, 6) is 2.31. The van der Waals surface area contributed by atoms with Gasteiger partial charge in [0.15, 0.2) is 11.0 Å². The highest BCUT2D eigenvalue weighted by Gasteiger charge is 2.16. The topological polar surface area (TPSA) is 65.7 Å². The van der Waals surface area contributed by atoms with E-state index in [0.717, 1.165) is 47.4 Å². The van der Waals surface area contributed by atoms with Crippen molar-refractivity contribution in [2.24, 2.45) is 0 Å². The van der Waals surface area contributed by atoms with Crippen LogP contribution in [-0.4, -0.2) is 31.5 Å². The summed E-state index contributed by atoms with van der Waals surface area (Å²) in [4.78, 5) is 0. The molecule has 0 unspecified atom stereocenters. The molecular formula is C16H18ClN5OS2. The summed E-state index contributed by atoms with van der Waals surface area (Å²) < 4.78 is 11.9. The molecule has 25 heavy (non-hydrogen) atoms. The van der Waals surface area contributed by atoms with Gasteiger partial charge in [0.25, 0.3) is 0 Å². The molecule has 0 aliphatic carbocycles. The van der Waals surface area contributed by atoms with E-state index in [2.05, 4.69) is 31.3 Å². The van der Waals surface area contributed by atoms with E-state index in [0.29, 0.717) is 10.1 Å². The average molecular weight is 396 g/mol. The van der Waals surface area contributed by atoms with Crippen LogP contribution in [0.1, 0.15) is 25.5 Å². The van der Waals surface area contributed by atoms with E-state index >= 15 is 0 Å². The standard InChI is InChI=1S/C16H18ClN5OS2/c1-3-4-9-22-15(11-5-7-12(23-2)8-6-11)19-20-16(22)24-10-13-14(17)25-21-18-13/h5-8H,3-4,9-10H2,1-2H3. The van der Waals surface area contributed by atoms with Crippen LogP contribution in [0.3, 0.4) is 0 Å². The van der Waals surface area contributed by atoms with Crippen LogP contribution in [0, 0.1) is 0 Å². The molecule has 0 saturated heterocycles. The number of thioether (sulfide) groups is 1. The van der Waals surface area contributed by atoms with Crippen molar-refractivity contribution in [3.63, 3.8) is 0 Å². The number of nitrogens with zero attached hydrogens (tertiary/aromatic N) is 5. The van der Waals surface area contributed by atoms with Gasteiger partial charge in [-0.25, -0.2) is 0 Å². The second-order valence-electron chi connectivity index (χ2n) is 5.32. The monoisotopic (exact) mass is 395 g/mol. The summed E-state index contributed by atoms with van der Waals surface area (Å²) in [5, 5.41) is 13.7. The van der Waals surface area contributed by atoms with Crippen LogP contribution >= 0.6 is 34.9 Å². The van der Waals surface area contributed by atoms with Crippen molar-refractivity contribution < 1.29 is 4.74 Å². The minimum Gasteiger partial charge on any atom is -0.497 e. The molecule has 2 aromatic heterocycles. The first-order valence-electron chi connectivity index (χ1n) is 7.90. The lowest BCUT2D eigenvalue weighted by molar-refractivity contribution is 0.415. The van der Waals surface area contributed by atoms with Crippen molar-refractivity contribution in [2.75, 3.05) is 7.11 Å². The fourth-order valence-corrected chi connectivity index (χ4v) is 3.98. The van der Waals surface area contributed by atoms with Gasteiger partial charge in [-0.1, -0.05) is 41.2 Å². The van der Waals surface area contributed by atoms with Crippen molar-refractivity contribution in [3.8, 4) is 17.1 Å². The van der Waals surface area contributed by atoms with Crippen molar-refractivity contribution in [3.05, 3.63) is 34.3 Å². The third-order valence-electron chi connectivity index (χ3n) is 3.65. The van der Waals surface area contributed by atoms with Crippen LogP contribution in [0.25, 0.3) is 11.4 Å². The molecule has 132 valence electrons. The van der Waals surface area contributed by atoms with E-state index in [9.17, 15) is 0 Å². The highest BCUT2D eigenvalue weighted by Crippen LogP contribution is 2.29. The van der Waals surface area contributed by atoms with Crippen LogP contribution in [0.5, 0.6) is 5.75 Å². The van der Waals surface area contributed by atoms with E-state index in [4.69, 9.17) is 16.3 Å². The second-order valence-corrected chi connectivity index (χ2v) is 7.62. The summed E-state index contributed by atoms with van der Waals surface area (Å²) in [7, 11) is 1.66. The maximum atomic E-state index is 6.08. The zero-order valence-corrected chi connectivity index (χ0v) is 16.4. The van der Waals surface area contributed by atoms with E-state index in [1.54, 1.807) is 18.9 Å². The average Bonchev–Trinajstić information content (AvgIpc) is 3.24. The lowest BCUT2D eigenvalue weighted by Crippen LogP contribution is -2.03. The van der Waals surface area contributed by atoms with Crippen molar-refractivity contribution in [1.29, 1.82) is 0 Å². The smallest absolute Gasteiger partial charge is 0.191 e. The van der Waals surface area contributed by atoms with Crippen LogP contribution < -0.4 is 4.74 Å². The predicted molar refractivity (Wildman–Crippen MR) is 101 cm³/mol. The second kappa shape index (κ2) is 8.64. The number of hydrogen-bond donors (Lipinski definition) is 0. The van der Waals surface area contributed by atoms with Crippen molar-refractivity contribution in [1.82, 2.24) is 24.4 Å². The van der Waals surface area contributed by atoms with Gasteiger partial charge in [0.1, 0.15) is 15.8 Å². The molecule has 0 spiro atoms. The van der Waals surface area contributed by atoms with E-state index in [1.807, 2.05) is 24.3 Å². The van der Waals surface area contributed by atoms with Gasteiger partial charge in [0.2, 0.25) is 0 Å². The molecule has 3 aromatic rings. The number of benzene rings is 1. The molecule has 9 heteroatoms. The fourth-order valence-electron chi connectivity index (χ4n) is 2.28. The molecular weight excluding hydrogens is 378 g/mol. The Labute approximate surface area is 159 Å². The molecule has 6 nitrogen and oxygen atoms in total. The minimum atomic E-state index is 0.627. The summed E-state index contributed by atoms with van der Waals surface area (Å²) in [5.41, 5.74) is 1.80. The summed E-state index contributed by atoms with van der Waals surface area (Å²) in [6, 6.07) is 7.87. The maximum Gasteiger partial charge on any atom is 0.191 e. The number of methoxy groups -OCH3 is 1. The molecule has 0 fully saturated rings. The number of hydrogen-bond acceptors (Lipinski definition) is 7. The Hall–Kier alpha value is -1.64. The van der Waals surface area contributed by atoms with Gasteiger partial charge in [-0.2, -0.15) is 0 Å². The van der Waals surface area contributed by atoms with Gasteiger partial charge in [0, 0.05) is 29.4 Å². The van der Waals surface area contributed by atoms with Crippen molar-refractivity contribution >= 4 is 34.9 Å². The van der Waals surface area contributed by atoms with Crippen LogP contribution in [-0.2, 0) is 12.3 Å². The normalized spacial score (nSPS) is 11.0. The molecule has 0 bridgehead atoms. The summed E-state index contributed by atoms with van der Waals surface area (Å²) in [6.45, 7) is 3.04. The SMILES string of the molecule is CCCCn1c(SCc2nnsc2Cl)nnc1-c1ccc(OC)cc1. The van der Waals surface area contributed by atoms with Crippen molar-refractivity contribution in [2.45, 2.75) is 37.2 Å². The molecule has 1 aromatic carbocycles.